The first-order valence-corrected chi connectivity index (χ1v) is 17.2. The first-order chi connectivity index (χ1) is 19.3. The fourth-order valence-electron chi connectivity index (χ4n) is 4.87. The van der Waals surface area contributed by atoms with Crippen molar-refractivity contribution in [3.05, 3.63) is 46.5 Å². The largest absolute Gasteiger partial charge is 0.493 e. The van der Waals surface area contributed by atoms with Gasteiger partial charge in [0.25, 0.3) is 0 Å². The third kappa shape index (κ3) is 10.1. The zero-order valence-corrected chi connectivity index (χ0v) is 31.4. The maximum atomic E-state index is 11.6. The molecule has 0 aliphatic rings. The molecule has 0 spiro atoms. The molecular formula is C37H58O4S2. The molecule has 1 unspecified atom stereocenters. The number of benzene rings is 2. The molecule has 6 heteroatoms. The molecule has 0 bridgehead atoms. The third-order valence-corrected chi connectivity index (χ3v) is 9.70. The number of carbonyl (C=O) groups is 1. The standard InChI is InChI=1S/C37H58O4S2/c1-17-40-30-26(33(3,4)5)18-24(19-27(30)34(6,7)8)42-37(15,16)43-25-20-28(35(9,10)11)31(29(21-25)36(12,13)14)41-22-23(2)32(38)39/h18-21,23H,17,22H2,1-16H3,(H,38,39). The molecule has 0 aromatic heterocycles. The van der Waals surface area contributed by atoms with Crippen molar-refractivity contribution in [2.45, 2.75) is 146 Å². The topological polar surface area (TPSA) is 55.8 Å². The lowest BCUT2D eigenvalue weighted by molar-refractivity contribution is -0.142. The molecule has 0 radical (unpaired) electrons. The van der Waals surface area contributed by atoms with Gasteiger partial charge in [0.05, 0.1) is 16.6 Å². The van der Waals surface area contributed by atoms with Crippen molar-refractivity contribution in [3.8, 4) is 11.5 Å². The average Bonchev–Trinajstić information content (AvgIpc) is 2.80. The van der Waals surface area contributed by atoms with Gasteiger partial charge in [0.2, 0.25) is 0 Å². The first kappa shape index (κ1) is 37.4. The summed E-state index contributed by atoms with van der Waals surface area (Å²) in [7, 11) is 0. The second-order valence-corrected chi connectivity index (χ2v) is 19.9. The van der Waals surface area contributed by atoms with Gasteiger partial charge in [-0.15, -0.1) is 23.5 Å². The Morgan fingerprint density at radius 1 is 0.651 bits per heavy atom. The highest BCUT2D eigenvalue weighted by Crippen LogP contribution is 2.51. The highest BCUT2D eigenvalue weighted by molar-refractivity contribution is 8.18. The van der Waals surface area contributed by atoms with Gasteiger partial charge in [0.15, 0.2) is 0 Å². The third-order valence-electron chi connectivity index (χ3n) is 7.27. The van der Waals surface area contributed by atoms with E-state index in [0.29, 0.717) is 6.61 Å². The number of hydrogen-bond acceptors (Lipinski definition) is 5. The lowest BCUT2D eigenvalue weighted by atomic mass is 9.79. The van der Waals surface area contributed by atoms with Crippen LogP contribution in [0.5, 0.6) is 11.5 Å². The highest BCUT2D eigenvalue weighted by Gasteiger charge is 2.33. The maximum Gasteiger partial charge on any atom is 0.309 e. The molecular weight excluding hydrogens is 573 g/mol. The van der Waals surface area contributed by atoms with Crippen molar-refractivity contribution in [3.63, 3.8) is 0 Å². The van der Waals surface area contributed by atoms with E-state index < -0.39 is 11.9 Å². The number of aliphatic carboxylic acids is 1. The summed E-state index contributed by atoms with van der Waals surface area (Å²) in [5, 5.41) is 9.48. The van der Waals surface area contributed by atoms with Crippen LogP contribution < -0.4 is 9.47 Å². The van der Waals surface area contributed by atoms with Crippen LogP contribution in [0, 0.1) is 5.92 Å². The van der Waals surface area contributed by atoms with Gasteiger partial charge in [0, 0.05) is 32.0 Å². The van der Waals surface area contributed by atoms with Gasteiger partial charge in [-0.25, -0.2) is 0 Å². The summed E-state index contributed by atoms with van der Waals surface area (Å²) < 4.78 is 12.5. The van der Waals surface area contributed by atoms with Crippen LogP contribution >= 0.6 is 23.5 Å². The van der Waals surface area contributed by atoms with E-state index in [1.807, 2.05) is 23.5 Å². The molecule has 0 fully saturated rings. The summed E-state index contributed by atoms with van der Waals surface area (Å²) in [6.07, 6.45) is 0. The van der Waals surface area contributed by atoms with Crippen LogP contribution in [0.3, 0.4) is 0 Å². The Morgan fingerprint density at radius 2 is 0.953 bits per heavy atom. The molecule has 2 aromatic carbocycles. The Labute approximate surface area is 271 Å². The summed E-state index contributed by atoms with van der Waals surface area (Å²) in [5.41, 5.74) is 4.20. The molecule has 0 aliphatic carbocycles. The van der Waals surface area contributed by atoms with Crippen LogP contribution in [0.1, 0.15) is 133 Å². The van der Waals surface area contributed by atoms with E-state index in [1.165, 1.54) is 20.9 Å². The number of hydrogen-bond donors (Lipinski definition) is 1. The summed E-state index contributed by atoms with van der Waals surface area (Å²) in [5.74, 6) is 0.406. The number of thioether (sulfide) groups is 2. The monoisotopic (exact) mass is 630 g/mol. The fraction of sp³-hybridized carbons (Fsp3) is 0.649. The van der Waals surface area contributed by atoms with Crippen LogP contribution in [0.25, 0.3) is 0 Å². The van der Waals surface area contributed by atoms with Crippen LogP contribution in [-0.4, -0.2) is 28.4 Å². The zero-order chi connectivity index (χ0) is 33.3. The molecule has 43 heavy (non-hydrogen) atoms. The molecule has 242 valence electrons. The van der Waals surface area contributed by atoms with E-state index in [0.717, 1.165) is 22.6 Å². The maximum absolute atomic E-state index is 11.6. The minimum atomic E-state index is -0.848. The van der Waals surface area contributed by atoms with Gasteiger partial charge in [-0.1, -0.05) is 83.1 Å². The van der Waals surface area contributed by atoms with Gasteiger partial charge in [-0.3, -0.25) is 4.79 Å². The number of rotatable bonds is 10. The molecule has 2 rings (SSSR count). The Hall–Kier alpha value is -1.79. The molecule has 2 aromatic rings. The predicted molar refractivity (Wildman–Crippen MR) is 187 cm³/mol. The summed E-state index contributed by atoms with van der Waals surface area (Å²) in [6.45, 7) is 35.8. The highest BCUT2D eigenvalue weighted by atomic mass is 32.2. The number of carboxylic acid groups (broad SMARTS) is 1. The molecule has 0 saturated carbocycles. The SMILES string of the molecule is CCOc1c(C(C)(C)C)cc(SC(C)(C)Sc2cc(C(C)(C)C)c(OCC(C)C(=O)O)c(C(C)(C)C)c2)cc1C(C)(C)C. The van der Waals surface area contributed by atoms with Crippen LogP contribution in [0.15, 0.2) is 34.1 Å². The minimum Gasteiger partial charge on any atom is -0.493 e. The quantitative estimate of drug-likeness (QED) is 0.208. The van der Waals surface area contributed by atoms with E-state index >= 15 is 0 Å². The van der Waals surface area contributed by atoms with Gasteiger partial charge in [-0.05, 0) is 73.6 Å². The van der Waals surface area contributed by atoms with E-state index in [9.17, 15) is 9.90 Å². The molecule has 0 aliphatic heterocycles. The molecule has 1 atom stereocenters. The van der Waals surface area contributed by atoms with Gasteiger partial charge >= 0.3 is 5.97 Å². The Morgan fingerprint density at radius 3 is 1.21 bits per heavy atom. The Balaban J connectivity index is 2.65. The van der Waals surface area contributed by atoms with E-state index in [-0.39, 0.29) is 32.3 Å². The van der Waals surface area contributed by atoms with Crippen molar-refractivity contribution in [2.75, 3.05) is 13.2 Å². The minimum absolute atomic E-state index is 0.0600. The normalized spacial score (nSPS) is 14.0. The molecule has 0 saturated heterocycles. The molecule has 4 nitrogen and oxygen atoms in total. The van der Waals surface area contributed by atoms with Gasteiger partial charge in [-0.2, -0.15) is 0 Å². The van der Waals surface area contributed by atoms with Crippen LogP contribution in [0.2, 0.25) is 0 Å². The Bertz CT molecular complexity index is 1210. The Kier molecular flexibility index (Phi) is 11.6. The zero-order valence-electron chi connectivity index (χ0n) is 29.8. The summed E-state index contributed by atoms with van der Waals surface area (Å²) in [4.78, 5) is 14.0. The van der Waals surface area contributed by atoms with Gasteiger partial charge in [0.1, 0.15) is 18.1 Å². The summed E-state index contributed by atoms with van der Waals surface area (Å²) in [6, 6.07) is 9.16. The molecule has 0 amide bonds. The van der Waals surface area contributed by atoms with Crippen molar-refractivity contribution in [2.24, 2.45) is 5.92 Å². The van der Waals surface area contributed by atoms with Crippen molar-refractivity contribution < 1.29 is 19.4 Å². The van der Waals surface area contributed by atoms with Crippen molar-refractivity contribution in [1.29, 1.82) is 0 Å². The second kappa shape index (κ2) is 13.3. The summed E-state index contributed by atoms with van der Waals surface area (Å²) >= 11 is 3.75. The predicted octanol–water partition coefficient (Wildman–Crippen LogP) is 11.0. The van der Waals surface area contributed by atoms with Crippen LogP contribution in [-0.2, 0) is 26.5 Å². The second-order valence-electron chi connectivity index (χ2n) is 16.3. The van der Waals surface area contributed by atoms with E-state index in [2.05, 4.69) is 128 Å². The molecule has 0 heterocycles. The van der Waals surface area contributed by atoms with E-state index in [4.69, 9.17) is 9.47 Å². The number of carboxylic acids is 1. The lowest BCUT2D eigenvalue weighted by Crippen LogP contribution is -2.24. The van der Waals surface area contributed by atoms with Gasteiger partial charge < -0.3 is 14.6 Å². The van der Waals surface area contributed by atoms with Crippen molar-refractivity contribution >= 4 is 29.5 Å². The molecule has 1 N–H and O–H groups in total. The van der Waals surface area contributed by atoms with Crippen LogP contribution in [0.4, 0.5) is 0 Å². The fourth-order valence-corrected chi connectivity index (χ4v) is 7.46. The van der Waals surface area contributed by atoms with Crippen molar-refractivity contribution in [1.82, 2.24) is 0 Å². The lowest BCUT2D eigenvalue weighted by Gasteiger charge is -2.33. The smallest absolute Gasteiger partial charge is 0.309 e. The number of ether oxygens (including phenoxy) is 2. The first-order valence-electron chi connectivity index (χ1n) is 15.5. The van der Waals surface area contributed by atoms with E-state index in [1.54, 1.807) is 6.92 Å². The average molecular weight is 631 g/mol.